The van der Waals surface area contributed by atoms with E-state index in [0.717, 1.165) is 10.0 Å². The Morgan fingerprint density at radius 1 is 1.50 bits per heavy atom. The molecule has 0 saturated carbocycles. The van der Waals surface area contributed by atoms with E-state index in [1.165, 1.54) is 0 Å². The molecule has 1 aromatic carbocycles. The van der Waals surface area contributed by atoms with Crippen molar-refractivity contribution in [3.63, 3.8) is 0 Å². The SMILES string of the molecule is C[C@H](C(N)=O)c1ccccc1Br. The summed E-state index contributed by atoms with van der Waals surface area (Å²) in [6.07, 6.45) is 0. The third-order valence-corrected chi connectivity index (χ3v) is 2.52. The topological polar surface area (TPSA) is 43.1 Å². The van der Waals surface area contributed by atoms with Gasteiger partial charge in [0.15, 0.2) is 0 Å². The first-order chi connectivity index (χ1) is 5.63. The van der Waals surface area contributed by atoms with Crippen LogP contribution in [0.1, 0.15) is 18.4 Å². The molecule has 1 atom stereocenters. The molecule has 1 aromatic rings. The van der Waals surface area contributed by atoms with E-state index >= 15 is 0 Å². The first-order valence-electron chi connectivity index (χ1n) is 3.66. The van der Waals surface area contributed by atoms with Gasteiger partial charge >= 0.3 is 0 Å². The molecule has 64 valence electrons. The van der Waals surface area contributed by atoms with E-state index in [-0.39, 0.29) is 11.8 Å². The highest BCUT2D eigenvalue weighted by atomic mass is 79.9. The Bertz CT molecular complexity index is 298. The molecule has 0 aliphatic carbocycles. The summed E-state index contributed by atoms with van der Waals surface area (Å²) in [6.45, 7) is 1.79. The molecule has 0 bridgehead atoms. The quantitative estimate of drug-likeness (QED) is 0.826. The van der Waals surface area contributed by atoms with Crippen LogP contribution in [0.2, 0.25) is 0 Å². The minimum absolute atomic E-state index is 0.236. The molecule has 0 unspecified atom stereocenters. The van der Waals surface area contributed by atoms with E-state index in [1.54, 1.807) is 6.92 Å². The number of nitrogens with two attached hydrogens (primary N) is 1. The van der Waals surface area contributed by atoms with Gasteiger partial charge in [-0.25, -0.2) is 0 Å². The van der Waals surface area contributed by atoms with Crippen molar-refractivity contribution in [3.05, 3.63) is 34.3 Å². The lowest BCUT2D eigenvalue weighted by molar-refractivity contribution is -0.119. The Morgan fingerprint density at radius 2 is 2.08 bits per heavy atom. The van der Waals surface area contributed by atoms with Crippen LogP contribution in [0.3, 0.4) is 0 Å². The van der Waals surface area contributed by atoms with Crippen LogP contribution in [0.15, 0.2) is 28.7 Å². The first kappa shape index (κ1) is 9.26. The summed E-state index contributed by atoms with van der Waals surface area (Å²) in [4.78, 5) is 10.9. The number of primary amides is 1. The van der Waals surface area contributed by atoms with Crippen LogP contribution in [0.4, 0.5) is 0 Å². The number of hydrogen-bond acceptors (Lipinski definition) is 1. The Labute approximate surface area is 79.9 Å². The number of carbonyl (C=O) groups is 1. The van der Waals surface area contributed by atoms with E-state index < -0.39 is 0 Å². The molecule has 0 radical (unpaired) electrons. The van der Waals surface area contributed by atoms with E-state index in [0.29, 0.717) is 0 Å². The monoisotopic (exact) mass is 227 g/mol. The van der Waals surface area contributed by atoms with E-state index in [2.05, 4.69) is 15.9 Å². The van der Waals surface area contributed by atoms with Crippen molar-refractivity contribution in [2.45, 2.75) is 12.8 Å². The van der Waals surface area contributed by atoms with Gasteiger partial charge in [-0.1, -0.05) is 34.1 Å². The molecule has 12 heavy (non-hydrogen) atoms. The lowest BCUT2D eigenvalue weighted by Gasteiger charge is -2.08. The van der Waals surface area contributed by atoms with Crippen molar-refractivity contribution in [1.82, 2.24) is 0 Å². The molecule has 0 spiro atoms. The number of amides is 1. The molecule has 2 nitrogen and oxygen atoms in total. The van der Waals surface area contributed by atoms with Crippen molar-refractivity contribution in [1.29, 1.82) is 0 Å². The summed E-state index contributed by atoms with van der Waals surface area (Å²) in [6, 6.07) is 7.58. The Hall–Kier alpha value is -0.830. The zero-order valence-electron chi connectivity index (χ0n) is 6.75. The van der Waals surface area contributed by atoms with Crippen LogP contribution in [-0.4, -0.2) is 5.91 Å². The lowest BCUT2D eigenvalue weighted by atomic mass is 10.0. The smallest absolute Gasteiger partial charge is 0.224 e. The Morgan fingerprint density at radius 3 is 2.58 bits per heavy atom. The predicted octanol–water partition coefficient (Wildman–Crippen LogP) is 2.04. The number of halogens is 1. The fraction of sp³-hybridized carbons (Fsp3) is 0.222. The van der Waals surface area contributed by atoms with Crippen LogP contribution in [0.25, 0.3) is 0 Å². The Balaban J connectivity index is 3.02. The van der Waals surface area contributed by atoms with Crippen LogP contribution < -0.4 is 5.73 Å². The van der Waals surface area contributed by atoms with Crippen LogP contribution >= 0.6 is 15.9 Å². The zero-order valence-corrected chi connectivity index (χ0v) is 8.34. The molecule has 2 N–H and O–H groups in total. The molecule has 3 heteroatoms. The summed E-state index contributed by atoms with van der Waals surface area (Å²) >= 11 is 3.36. The van der Waals surface area contributed by atoms with Crippen LogP contribution in [0, 0.1) is 0 Å². The maximum absolute atomic E-state index is 10.9. The van der Waals surface area contributed by atoms with Gasteiger partial charge in [-0.3, -0.25) is 4.79 Å². The molecule has 0 saturated heterocycles. The standard InChI is InChI=1S/C9H10BrNO/c1-6(9(11)12)7-4-2-3-5-8(7)10/h2-6H,1H3,(H2,11,12)/t6-/m0/s1. The summed E-state index contributed by atoms with van der Waals surface area (Å²) in [7, 11) is 0. The van der Waals surface area contributed by atoms with Gasteiger partial charge in [0.25, 0.3) is 0 Å². The molecule has 0 aliphatic heterocycles. The summed E-state index contributed by atoms with van der Waals surface area (Å²) in [5.41, 5.74) is 6.11. The van der Waals surface area contributed by atoms with Crippen LogP contribution in [-0.2, 0) is 4.79 Å². The van der Waals surface area contributed by atoms with Crippen molar-refractivity contribution in [2.24, 2.45) is 5.73 Å². The fourth-order valence-corrected chi connectivity index (χ4v) is 1.61. The summed E-state index contributed by atoms with van der Waals surface area (Å²) in [5.74, 6) is -0.539. The van der Waals surface area contributed by atoms with Gasteiger partial charge in [-0.2, -0.15) is 0 Å². The lowest BCUT2D eigenvalue weighted by Crippen LogP contribution is -2.18. The van der Waals surface area contributed by atoms with E-state index in [1.807, 2.05) is 24.3 Å². The van der Waals surface area contributed by atoms with Gasteiger partial charge in [0.2, 0.25) is 5.91 Å². The molecule has 0 heterocycles. The average Bonchev–Trinajstić information content (AvgIpc) is 2.04. The highest BCUT2D eigenvalue weighted by Gasteiger charge is 2.13. The maximum atomic E-state index is 10.9. The number of benzene rings is 1. The molecular weight excluding hydrogens is 218 g/mol. The highest BCUT2D eigenvalue weighted by Crippen LogP contribution is 2.23. The predicted molar refractivity (Wildman–Crippen MR) is 51.8 cm³/mol. The highest BCUT2D eigenvalue weighted by molar-refractivity contribution is 9.10. The molecule has 1 amide bonds. The second kappa shape index (κ2) is 3.72. The van der Waals surface area contributed by atoms with Gasteiger partial charge in [-0.05, 0) is 18.6 Å². The minimum atomic E-state index is -0.304. The fourth-order valence-electron chi connectivity index (χ4n) is 0.980. The second-order valence-electron chi connectivity index (χ2n) is 2.65. The van der Waals surface area contributed by atoms with Crippen LogP contribution in [0.5, 0.6) is 0 Å². The third kappa shape index (κ3) is 1.85. The number of hydrogen-bond donors (Lipinski definition) is 1. The molecule has 1 rings (SSSR count). The molecular formula is C9H10BrNO. The van der Waals surface area contributed by atoms with Gasteiger partial charge in [0.1, 0.15) is 0 Å². The molecule has 0 aliphatic rings. The van der Waals surface area contributed by atoms with Crippen molar-refractivity contribution >= 4 is 21.8 Å². The molecule has 0 aromatic heterocycles. The largest absolute Gasteiger partial charge is 0.369 e. The molecule has 0 fully saturated rings. The third-order valence-electron chi connectivity index (χ3n) is 1.80. The van der Waals surface area contributed by atoms with Crippen molar-refractivity contribution < 1.29 is 4.79 Å². The first-order valence-corrected chi connectivity index (χ1v) is 4.46. The van der Waals surface area contributed by atoms with Gasteiger partial charge in [0, 0.05) is 4.47 Å². The van der Waals surface area contributed by atoms with Crippen molar-refractivity contribution in [2.75, 3.05) is 0 Å². The number of carbonyl (C=O) groups excluding carboxylic acids is 1. The number of rotatable bonds is 2. The van der Waals surface area contributed by atoms with E-state index in [4.69, 9.17) is 5.73 Å². The normalized spacial score (nSPS) is 12.5. The van der Waals surface area contributed by atoms with Crippen molar-refractivity contribution in [3.8, 4) is 0 Å². The van der Waals surface area contributed by atoms with Gasteiger partial charge in [0.05, 0.1) is 5.92 Å². The van der Waals surface area contributed by atoms with Gasteiger partial charge in [-0.15, -0.1) is 0 Å². The minimum Gasteiger partial charge on any atom is -0.369 e. The van der Waals surface area contributed by atoms with E-state index in [9.17, 15) is 4.79 Å². The second-order valence-corrected chi connectivity index (χ2v) is 3.50. The Kier molecular flexibility index (Phi) is 2.87. The van der Waals surface area contributed by atoms with Gasteiger partial charge < -0.3 is 5.73 Å². The zero-order chi connectivity index (χ0) is 9.14. The maximum Gasteiger partial charge on any atom is 0.224 e. The average molecular weight is 228 g/mol. The summed E-state index contributed by atoms with van der Waals surface area (Å²) < 4.78 is 0.927. The summed E-state index contributed by atoms with van der Waals surface area (Å²) in [5, 5.41) is 0.